The molecule has 0 aliphatic carbocycles. The van der Waals surface area contributed by atoms with Gasteiger partial charge in [0.2, 0.25) is 5.91 Å². The quantitative estimate of drug-likeness (QED) is 0.828. The van der Waals surface area contributed by atoms with E-state index in [1.54, 1.807) is 24.9 Å². The van der Waals surface area contributed by atoms with Gasteiger partial charge in [-0.15, -0.1) is 0 Å². The Hall–Kier alpha value is -1.91. The monoisotopic (exact) mass is 278 g/mol. The number of carbonyl (C=O) groups is 2. The molecule has 0 aromatic heterocycles. The number of rotatable bonds is 2. The van der Waals surface area contributed by atoms with E-state index in [0.717, 1.165) is 5.56 Å². The van der Waals surface area contributed by atoms with E-state index >= 15 is 0 Å². The van der Waals surface area contributed by atoms with Gasteiger partial charge in [0, 0.05) is 20.1 Å². The molecule has 2 rings (SSSR count). The van der Waals surface area contributed by atoms with E-state index in [1.165, 1.54) is 17.0 Å². The van der Waals surface area contributed by atoms with Crippen molar-refractivity contribution in [3.63, 3.8) is 0 Å². The Morgan fingerprint density at radius 3 is 2.70 bits per heavy atom. The fourth-order valence-corrected chi connectivity index (χ4v) is 2.50. The predicted molar refractivity (Wildman–Crippen MR) is 73.9 cm³/mol. The lowest BCUT2D eigenvalue weighted by Gasteiger charge is -2.38. The van der Waals surface area contributed by atoms with E-state index in [9.17, 15) is 14.0 Å². The Balaban J connectivity index is 2.30. The molecule has 1 aromatic carbocycles. The highest BCUT2D eigenvalue weighted by molar-refractivity contribution is 5.98. The van der Waals surface area contributed by atoms with Crippen LogP contribution in [0.3, 0.4) is 0 Å². The summed E-state index contributed by atoms with van der Waals surface area (Å²) in [5.74, 6) is -1.02. The van der Waals surface area contributed by atoms with Gasteiger partial charge in [-0.1, -0.05) is 13.0 Å². The topological polar surface area (TPSA) is 40.6 Å². The van der Waals surface area contributed by atoms with Crippen molar-refractivity contribution in [1.82, 2.24) is 9.80 Å². The van der Waals surface area contributed by atoms with E-state index in [2.05, 4.69) is 0 Å². The molecule has 1 aliphatic heterocycles. The van der Waals surface area contributed by atoms with Crippen LogP contribution < -0.4 is 0 Å². The largest absolute Gasteiger partial charge is 0.342 e. The summed E-state index contributed by atoms with van der Waals surface area (Å²) in [4.78, 5) is 27.6. The summed E-state index contributed by atoms with van der Waals surface area (Å²) in [6.07, 6.45) is 0.530. The van der Waals surface area contributed by atoms with Crippen molar-refractivity contribution >= 4 is 11.8 Å². The maximum Gasteiger partial charge on any atom is 0.257 e. The highest BCUT2D eigenvalue weighted by Gasteiger charge is 2.35. The number of hydrogen-bond acceptors (Lipinski definition) is 2. The summed E-state index contributed by atoms with van der Waals surface area (Å²) >= 11 is 0. The van der Waals surface area contributed by atoms with Crippen molar-refractivity contribution in [2.45, 2.75) is 26.3 Å². The third kappa shape index (κ3) is 2.53. The molecule has 0 bridgehead atoms. The summed E-state index contributed by atoms with van der Waals surface area (Å²) in [5, 5.41) is 0. The lowest BCUT2D eigenvalue weighted by atomic mass is 10.1. The van der Waals surface area contributed by atoms with E-state index in [0.29, 0.717) is 19.5 Å². The highest BCUT2D eigenvalue weighted by Crippen LogP contribution is 2.19. The normalized spacial score (nSPS) is 19.4. The molecular formula is C15H19FN2O2. The fraction of sp³-hybridized carbons (Fsp3) is 0.467. The van der Waals surface area contributed by atoms with Gasteiger partial charge in [0.25, 0.3) is 5.91 Å². The van der Waals surface area contributed by atoms with Crippen LogP contribution in [0.25, 0.3) is 0 Å². The Morgan fingerprint density at radius 1 is 1.40 bits per heavy atom. The average molecular weight is 278 g/mol. The zero-order valence-corrected chi connectivity index (χ0v) is 12.0. The molecule has 1 atom stereocenters. The Bertz CT molecular complexity index is 545. The SMILES string of the molecule is CC[C@H]1C(=O)N(C)CCN1C(=O)c1ccc(C)cc1F. The number of piperazine rings is 1. The number of halogens is 1. The third-order valence-corrected chi connectivity index (χ3v) is 3.72. The maximum absolute atomic E-state index is 13.9. The average Bonchev–Trinajstić information content (AvgIpc) is 2.41. The molecule has 20 heavy (non-hydrogen) atoms. The van der Waals surface area contributed by atoms with Crippen molar-refractivity contribution < 1.29 is 14.0 Å². The van der Waals surface area contributed by atoms with Gasteiger partial charge >= 0.3 is 0 Å². The summed E-state index contributed by atoms with van der Waals surface area (Å²) in [6, 6.07) is 4.03. The zero-order valence-electron chi connectivity index (χ0n) is 12.0. The Labute approximate surface area is 118 Å². The van der Waals surface area contributed by atoms with Crippen LogP contribution in [0.15, 0.2) is 18.2 Å². The van der Waals surface area contributed by atoms with E-state index < -0.39 is 17.8 Å². The smallest absolute Gasteiger partial charge is 0.257 e. The molecule has 0 unspecified atom stereocenters. The fourth-order valence-electron chi connectivity index (χ4n) is 2.50. The van der Waals surface area contributed by atoms with Crippen LogP contribution in [-0.4, -0.2) is 47.8 Å². The lowest BCUT2D eigenvalue weighted by Crippen LogP contribution is -2.57. The standard InChI is InChI=1S/C15H19FN2O2/c1-4-13-15(20)17(3)7-8-18(13)14(19)11-6-5-10(2)9-12(11)16/h5-6,9,13H,4,7-8H2,1-3H3/t13-/m0/s1. The minimum Gasteiger partial charge on any atom is -0.342 e. The second kappa shape index (κ2) is 5.61. The summed E-state index contributed by atoms with van der Waals surface area (Å²) < 4.78 is 13.9. The van der Waals surface area contributed by atoms with Gasteiger partial charge in [0.15, 0.2) is 0 Å². The number of nitrogens with zero attached hydrogens (tertiary/aromatic N) is 2. The number of hydrogen-bond donors (Lipinski definition) is 0. The van der Waals surface area contributed by atoms with E-state index in [4.69, 9.17) is 0 Å². The molecule has 0 N–H and O–H groups in total. The molecule has 0 saturated carbocycles. The molecule has 1 aromatic rings. The summed E-state index contributed by atoms with van der Waals surface area (Å²) in [5.41, 5.74) is 0.798. The van der Waals surface area contributed by atoms with Crippen molar-refractivity contribution in [3.05, 3.63) is 35.1 Å². The second-order valence-electron chi connectivity index (χ2n) is 5.17. The number of aryl methyl sites for hydroxylation is 1. The van der Waals surface area contributed by atoms with Crippen molar-refractivity contribution in [1.29, 1.82) is 0 Å². The molecule has 4 nitrogen and oxygen atoms in total. The van der Waals surface area contributed by atoms with Crippen LogP contribution in [0.2, 0.25) is 0 Å². The minimum absolute atomic E-state index is 0.0337. The number of amides is 2. The lowest BCUT2D eigenvalue weighted by molar-refractivity contribution is -0.138. The molecule has 0 radical (unpaired) electrons. The molecular weight excluding hydrogens is 259 g/mol. The summed E-state index contributed by atoms with van der Waals surface area (Å²) in [7, 11) is 1.72. The van der Waals surface area contributed by atoms with Crippen molar-refractivity contribution in [2.75, 3.05) is 20.1 Å². The third-order valence-electron chi connectivity index (χ3n) is 3.72. The maximum atomic E-state index is 13.9. The van der Waals surface area contributed by atoms with Crippen LogP contribution in [0.4, 0.5) is 4.39 Å². The van der Waals surface area contributed by atoms with Gasteiger partial charge in [0.1, 0.15) is 11.9 Å². The van der Waals surface area contributed by atoms with Gasteiger partial charge in [-0.3, -0.25) is 9.59 Å². The first-order valence-electron chi connectivity index (χ1n) is 6.77. The zero-order chi connectivity index (χ0) is 14.9. The van der Waals surface area contributed by atoms with Crippen LogP contribution in [-0.2, 0) is 4.79 Å². The first-order chi connectivity index (χ1) is 9.45. The van der Waals surface area contributed by atoms with E-state index in [-0.39, 0.29) is 11.5 Å². The Morgan fingerprint density at radius 2 is 2.10 bits per heavy atom. The summed E-state index contributed by atoms with van der Waals surface area (Å²) in [6.45, 7) is 4.54. The molecule has 5 heteroatoms. The predicted octanol–water partition coefficient (Wildman–Crippen LogP) is 1.83. The van der Waals surface area contributed by atoms with Gasteiger partial charge in [-0.25, -0.2) is 4.39 Å². The molecule has 1 saturated heterocycles. The van der Waals surface area contributed by atoms with Crippen LogP contribution in [0, 0.1) is 12.7 Å². The molecule has 1 heterocycles. The van der Waals surface area contributed by atoms with Gasteiger partial charge in [0.05, 0.1) is 5.56 Å². The van der Waals surface area contributed by atoms with Crippen LogP contribution in [0.1, 0.15) is 29.3 Å². The van der Waals surface area contributed by atoms with Crippen LogP contribution in [0.5, 0.6) is 0 Å². The molecule has 108 valence electrons. The second-order valence-corrected chi connectivity index (χ2v) is 5.17. The minimum atomic E-state index is -0.531. The number of benzene rings is 1. The number of carbonyl (C=O) groups excluding carboxylic acids is 2. The van der Waals surface area contributed by atoms with E-state index in [1.807, 2.05) is 6.92 Å². The van der Waals surface area contributed by atoms with Gasteiger partial charge in [-0.05, 0) is 31.0 Å². The van der Waals surface area contributed by atoms with Crippen molar-refractivity contribution in [2.24, 2.45) is 0 Å². The molecule has 1 fully saturated rings. The molecule has 0 spiro atoms. The van der Waals surface area contributed by atoms with Gasteiger partial charge in [-0.2, -0.15) is 0 Å². The first-order valence-corrected chi connectivity index (χ1v) is 6.77. The van der Waals surface area contributed by atoms with Gasteiger partial charge < -0.3 is 9.80 Å². The Kier molecular flexibility index (Phi) is 4.06. The number of likely N-dealkylation sites (N-methyl/N-ethyl adjacent to an activating group) is 1. The first kappa shape index (κ1) is 14.5. The van der Waals surface area contributed by atoms with Crippen LogP contribution >= 0.6 is 0 Å². The molecule has 1 aliphatic rings. The molecule has 2 amide bonds. The van der Waals surface area contributed by atoms with Crippen molar-refractivity contribution in [3.8, 4) is 0 Å². The highest BCUT2D eigenvalue weighted by atomic mass is 19.1.